The molecule has 1 saturated heterocycles. The highest BCUT2D eigenvalue weighted by atomic mass is 16.2. The van der Waals surface area contributed by atoms with Crippen molar-refractivity contribution in [3.05, 3.63) is 29.8 Å². The van der Waals surface area contributed by atoms with Crippen molar-refractivity contribution in [2.24, 2.45) is 11.7 Å². The van der Waals surface area contributed by atoms with Crippen LogP contribution < -0.4 is 11.1 Å². The Labute approximate surface area is 121 Å². The van der Waals surface area contributed by atoms with Gasteiger partial charge in [-0.25, -0.2) is 4.79 Å². The molecule has 1 aliphatic rings. The summed E-state index contributed by atoms with van der Waals surface area (Å²) >= 11 is 0. The number of nitrogens with one attached hydrogen (secondary N) is 1. The number of amides is 2. The molecule has 20 heavy (non-hydrogen) atoms. The van der Waals surface area contributed by atoms with Crippen LogP contribution in [0.4, 0.5) is 10.5 Å². The summed E-state index contributed by atoms with van der Waals surface area (Å²) in [6, 6.07) is 7.75. The molecular weight excluding hydrogens is 250 g/mol. The molecule has 2 amide bonds. The van der Waals surface area contributed by atoms with Gasteiger partial charge in [-0.15, -0.1) is 0 Å². The molecule has 3 N–H and O–H groups in total. The number of carbonyl (C=O) groups excluding carboxylic acids is 1. The minimum absolute atomic E-state index is 0.00461. The number of urea groups is 1. The zero-order valence-corrected chi connectivity index (χ0v) is 12.4. The molecule has 0 bridgehead atoms. The smallest absolute Gasteiger partial charge is 0.321 e. The largest absolute Gasteiger partial charge is 0.324 e. The first-order valence-corrected chi connectivity index (χ1v) is 7.51. The van der Waals surface area contributed by atoms with Gasteiger partial charge in [0.05, 0.1) is 0 Å². The van der Waals surface area contributed by atoms with Crippen molar-refractivity contribution in [2.45, 2.75) is 39.2 Å². The molecule has 110 valence electrons. The van der Waals surface area contributed by atoms with E-state index in [9.17, 15) is 4.79 Å². The fraction of sp³-hybridized carbons (Fsp3) is 0.562. The molecule has 2 unspecified atom stereocenters. The van der Waals surface area contributed by atoms with E-state index >= 15 is 0 Å². The highest BCUT2D eigenvalue weighted by Crippen LogP contribution is 2.21. The van der Waals surface area contributed by atoms with Crippen LogP contribution in [0.15, 0.2) is 24.3 Å². The van der Waals surface area contributed by atoms with Crippen molar-refractivity contribution >= 4 is 11.7 Å². The lowest BCUT2D eigenvalue weighted by molar-refractivity contribution is 0.176. The van der Waals surface area contributed by atoms with Gasteiger partial charge in [0.25, 0.3) is 0 Å². The number of likely N-dealkylation sites (tertiary alicyclic amines) is 1. The Morgan fingerprint density at radius 3 is 3.05 bits per heavy atom. The molecule has 1 heterocycles. The molecule has 2 rings (SSSR count). The van der Waals surface area contributed by atoms with Gasteiger partial charge in [-0.2, -0.15) is 0 Å². The van der Waals surface area contributed by atoms with E-state index in [0.29, 0.717) is 5.92 Å². The number of carbonyl (C=O) groups is 1. The number of rotatable bonds is 3. The predicted molar refractivity (Wildman–Crippen MR) is 82.7 cm³/mol. The SMILES string of the molecule is CCC1CCCN(C(=O)Nc2cccc(C(C)N)c2)C1. The number of hydrogen-bond acceptors (Lipinski definition) is 2. The van der Waals surface area contributed by atoms with Crippen LogP contribution in [-0.2, 0) is 0 Å². The van der Waals surface area contributed by atoms with Gasteiger partial charge >= 0.3 is 6.03 Å². The molecule has 1 aliphatic heterocycles. The standard InChI is InChI=1S/C16H25N3O/c1-3-13-6-5-9-19(11-13)16(20)18-15-8-4-7-14(10-15)12(2)17/h4,7-8,10,12-13H,3,5-6,9,11,17H2,1-2H3,(H,18,20). The highest BCUT2D eigenvalue weighted by Gasteiger charge is 2.22. The molecule has 0 saturated carbocycles. The van der Waals surface area contributed by atoms with Crippen molar-refractivity contribution in [2.75, 3.05) is 18.4 Å². The summed E-state index contributed by atoms with van der Waals surface area (Å²) in [7, 11) is 0. The first kappa shape index (κ1) is 14.9. The molecule has 1 fully saturated rings. The third-order valence-electron chi connectivity index (χ3n) is 4.05. The maximum Gasteiger partial charge on any atom is 0.321 e. The Morgan fingerprint density at radius 2 is 2.35 bits per heavy atom. The van der Waals surface area contributed by atoms with Crippen LogP contribution in [0.1, 0.15) is 44.7 Å². The molecule has 0 aromatic heterocycles. The van der Waals surface area contributed by atoms with Crippen LogP contribution in [0.2, 0.25) is 0 Å². The second kappa shape index (κ2) is 6.75. The van der Waals surface area contributed by atoms with Crippen LogP contribution in [-0.4, -0.2) is 24.0 Å². The van der Waals surface area contributed by atoms with Crippen molar-refractivity contribution in [3.8, 4) is 0 Å². The van der Waals surface area contributed by atoms with E-state index in [-0.39, 0.29) is 12.1 Å². The summed E-state index contributed by atoms with van der Waals surface area (Å²) in [6.45, 7) is 5.86. The average Bonchev–Trinajstić information content (AvgIpc) is 2.47. The third kappa shape index (κ3) is 3.73. The minimum atomic E-state index is -0.0219. The summed E-state index contributed by atoms with van der Waals surface area (Å²) in [5, 5.41) is 2.98. The summed E-state index contributed by atoms with van der Waals surface area (Å²) < 4.78 is 0. The van der Waals surface area contributed by atoms with Crippen molar-refractivity contribution in [1.82, 2.24) is 4.90 Å². The molecule has 0 spiro atoms. The maximum absolute atomic E-state index is 12.3. The number of anilines is 1. The quantitative estimate of drug-likeness (QED) is 0.888. The predicted octanol–water partition coefficient (Wildman–Crippen LogP) is 3.36. The second-order valence-corrected chi connectivity index (χ2v) is 5.71. The minimum Gasteiger partial charge on any atom is -0.324 e. The van der Waals surface area contributed by atoms with Gasteiger partial charge < -0.3 is 16.0 Å². The van der Waals surface area contributed by atoms with E-state index in [1.54, 1.807) is 0 Å². The van der Waals surface area contributed by atoms with Gasteiger partial charge in [-0.05, 0) is 43.4 Å². The summed E-state index contributed by atoms with van der Waals surface area (Å²) in [5.41, 5.74) is 7.73. The lowest BCUT2D eigenvalue weighted by Gasteiger charge is -2.32. The third-order valence-corrected chi connectivity index (χ3v) is 4.05. The molecule has 1 aromatic carbocycles. The van der Waals surface area contributed by atoms with E-state index in [1.807, 2.05) is 36.1 Å². The molecule has 0 radical (unpaired) electrons. The van der Waals surface area contributed by atoms with Gasteiger partial charge in [0.1, 0.15) is 0 Å². The monoisotopic (exact) mass is 275 g/mol. The Bertz CT molecular complexity index is 459. The van der Waals surface area contributed by atoms with Crippen molar-refractivity contribution in [3.63, 3.8) is 0 Å². The van der Waals surface area contributed by atoms with E-state index < -0.39 is 0 Å². The van der Waals surface area contributed by atoms with Gasteiger partial charge in [0, 0.05) is 24.8 Å². The number of nitrogens with two attached hydrogens (primary N) is 1. The average molecular weight is 275 g/mol. The highest BCUT2D eigenvalue weighted by molar-refractivity contribution is 5.89. The number of piperidine rings is 1. The Balaban J connectivity index is 1.98. The molecular formula is C16H25N3O. The van der Waals surface area contributed by atoms with E-state index in [2.05, 4.69) is 12.2 Å². The lowest BCUT2D eigenvalue weighted by atomic mass is 9.96. The van der Waals surface area contributed by atoms with Gasteiger partial charge in [0.2, 0.25) is 0 Å². The fourth-order valence-electron chi connectivity index (χ4n) is 2.68. The van der Waals surface area contributed by atoms with Gasteiger partial charge in [-0.1, -0.05) is 25.5 Å². The number of hydrogen-bond donors (Lipinski definition) is 2. The van der Waals surface area contributed by atoms with Crippen LogP contribution in [0.5, 0.6) is 0 Å². The fourth-order valence-corrected chi connectivity index (χ4v) is 2.68. The first-order chi connectivity index (χ1) is 9.60. The molecule has 0 aliphatic carbocycles. The van der Waals surface area contributed by atoms with E-state index in [4.69, 9.17) is 5.73 Å². The number of benzene rings is 1. The van der Waals surface area contributed by atoms with Gasteiger partial charge in [-0.3, -0.25) is 0 Å². The topological polar surface area (TPSA) is 58.4 Å². The molecule has 4 heteroatoms. The van der Waals surface area contributed by atoms with Crippen LogP contribution >= 0.6 is 0 Å². The Kier molecular flexibility index (Phi) is 5.01. The summed E-state index contributed by atoms with van der Waals surface area (Å²) in [6.07, 6.45) is 3.48. The van der Waals surface area contributed by atoms with Crippen LogP contribution in [0, 0.1) is 5.92 Å². The van der Waals surface area contributed by atoms with Crippen LogP contribution in [0.25, 0.3) is 0 Å². The lowest BCUT2D eigenvalue weighted by Crippen LogP contribution is -2.42. The summed E-state index contributed by atoms with van der Waals surface area (Å²) in [4.78, 5) is 14.2. The molecule has 4 nitrogen and oxygen atoms in total. The van der Waals surface area contributed by atoms with Gasteiger partial charge in [0.15, 0.2) is 0 Å². The number of nitrogens with zero attached hydrogens (tertiary/aromatic N) is 1. The normalized spacial score (nSPS) is 20.6. The van der Waals surface area contributed by atoms with Crippen LogP contribution in [0.3, 0.4) is 0 Å². The Morgan fingerprint density at radius 1 is 1.55 bits per heavy atom. The Hall–Kier alpha value is -1.55. The zero-order chi connectivity index (χ0) is 14.5. The molecule has 2 atom stereocenters. The summed E-state index contributed by atoms with van der Waals surface area (Å²) in [5.74, 6) is 0.643. The zero-order valence-electron chi connectivity index (χ0n) is 12.4. The maximum atomic E-state index is 12.3. The van der Waals surface area contributed by atoms with Crippen molar-refractivity contribution in [1.29, 1.82) is 0 Å². The van der Waals surface area contributed by atoms with E-state index in [1.165, 1.54) is 6.42 Å². The van der Waals surface area contributed by atoms with Crippen molar-refractivity contribution < 1.29 is 4.79 Å². The molecule has 1 aromatic rings. The first-order valence-electron chi connectivity index (χ1n) is 7.51. The van der Waals surface area contributed by atoms with E-state index in [0.717, 1.165) is 37.2 Å². The second-order valence-electron chi connectivity index (χ2n) is 5.71.